The number of nitrogens with one attached hydrogen (secondary N) is 1. The molecule has 7 heteroatoms. The van der Waals surface area contributed by atoms with Gasteiger partial charge in [0.1, 0.15) is 11.5 Å². The van der Waals surface area contributed by atoms with Gasteiger partial charge in [0.05, 0.1) is 19.1 Å². The third kappa shape index (κ3) is 4.11. The van der Waals surface area contributed by atoms with Crippen molar-refractivity contribution in [2.24, 2.45) is 0 Å². The highest BCUT2D eigenvalue weighted by atomic mass is 16.5. The van der Waals surface area contributed by atoms with Crippen molar-refractivity contribution < 1.29 is 9.53 Å². The van der Waals surface area contributed by atoms with E-state index in [1.165, 1.54) is 0 Å². The quantitative estimate of drug-likeness (QED) is 0.870. The highest BCUT2D eigenvalue weighted by molar-refractivity contribution is 5.77. The summed E-state index contributed by atoms with van der Waals surface area (Å²) in [5, 5.41) is 3.25. The maximum Gasteiger partial charge on any atom is 0.225 e. The maximum atomic E-state index is 12.5. The summed E-state index contributed by atoms with van der Waals surface area (Å²) >= 11 is 0. The minimum atomic E-state index is -0.0645. The first-order valence-electron chi connectivity index (χ1n) is 8.49. The number of anilines is 2. The average molecular weight is 341 g/mol. The molecule has 25 heavy (non-hydrogen) atoms. The van der Waals surface area contributed by atoms with Gasteiger partial charge in [-0.25, -0.2) is 9.97 Å². The van der Waals surface area contributed by atoms with Gasteiger partial charge in [0.15, 0.2) is 5.82 Å². The van der Waals surface area contributed by atoms with E-state index < -0.39 is 0 Å². The Morgan fingerprint density at radius 2 is 2.20 bits per heavy atom. The first kappa shape index (κ1) is 17.3. The molecule has 2 aromatic heterocycles. The lowest BCUT2D eigenvalue weighted by Crippen LogP contribution is -2.32. The van der Waals surface area contributed by atoms with Crippen molar-refractivity contribution in [1.29, 1.82) is 0 Å². The van der Waals surface area contributed by atoms with Gasteiger partial charge in [-0.2, -0.15) is 0 Å². The molecule has 2 aromatic rings. The molecule has 1 aliphatic rings. The van der Waals surface area contributed by atoms with Gasteiger partial charge in [0, 0.05) is 31.7 Å². The highest BCUT2D eigenvalue weighted by Crippen LogP contribution is 2.34. The maximum absolute atomic E-state index is 12.5. The number of nitrogens with zero attached hydrogens (tertiary/aromatic N) is 4. The molecule has 0 bridgehead atoms. The van der Waals surface area contributed by atoms with E-state index in [0.29, 0.717) is 18.8 Å². The fraction of sp³-hybridized carbons (Fsp3) is 0.444. The first-order chi connectivity index (χ1) is 12.2. The van der Waals surface area contributed by atoms with Gasteiger partial charge in [-0.15, -0.1) is 0 Å². The van der Waals surface area contributed by atoms with Crippen LogP contribution in [-0.4, -0.2) is 46.0 Å². The van der Waals surface area contributed by atoms with Crippen LogP contribution in [0.2, 0.25) is 0 Å². The normalized spacial score (nSPS) is 16.9. The fourth-order valence-electron chi connectivity index (χ4n) is 3.11. The van der Waals surface area contributed by atoms with E-state index in [2.05, 4.69) is 20.3 Å². The number of likely N-dealkylation sites (tertiary alicyclic amines) is 1. The SMILES string of the molecule is COCCC(=O)N1CCCC1c1nccnc1Nc1cccc(C)n1. The van der Waals surface area contributed by atoms with Gasteiger partial charge in [-0.1, -0.05) is 6.07 Å². The summed E-state index contributed by atoms with van der Waals surface area (Å²) in [4.78, 5) is 27.8. The van der Waals surface area contributed by atoms with E-state index >= 15 is 0 Å². The zero-order valence-corrected chi connectivity index (χ0v) is 14.6. The van der Waals surface area contributed by atoms with E-state index in [1.54, 1.807) is 19.5 Å². The third-order valence-corrected chi connectivity index (χ3v) is 4.27. The standard InChI is InChI=1S/C18H23N5O2/c1-13-5-3-7-15(21-13)22-18-17(19-9-10-20-18)14-6-4-11-23(14)16(24)8-12-25-2/h3,5,7,9-10,14H,4,6,8,11-12H2,1-2H3,(H,20,21,22). The predicted octanol–water partition coefficient (Wildman–Crippen LogP) is 2.62. The lowest BCUT2D eigenvalue weighted by atomic mass is 10.1. The van der Waals surface area contributed by atoms with Crippen LogP contribution >= 0.6 is 0 Å². The molecule has 0 aromatic carbocycles. The number of carbonyl (C=O) groups excluding carboxylic acids is 1. The molecule has 0 spiro atoms. The smallest absolute Gasteiger partial charge is 0.225 e. The van der Waals surface area contributed by atoms with Crippen LogP contribution in [-0.2, 0) is 9.53 Å². The van der Waals surface area contributed by atoms with Gasteiger partial charge in [-0.05, 0) is 31.9 Å². The average Bonchev–Trinajstić information content (AvgIpc) is 3.10. The molecule has 0 saturated carbocycles. The number of amides is 1. The van der Waals surface area contributed by atoms with E-state index in [0.717, 1.165) is 36.6 Å². The number of ether oxygens (including phenoxy) is 1. The van der Waals surface area contributed by atoms with Crippen LogP contribution in [0.1, 0.15) is 36.7 Å². The molecular weight excluding hydrogens is 318 g/mol. The Kier molecular flexibility index (Phi) is 5.55. The number of hydrogen-bond acceptors (Lipinski definition) is 6. The van der Waals surface area contributed by atoms with E-state index in [1.807, 2.05) is 30.0 Å². The molecule has 1 unspecified atom stereocenters. The second kappa shape index (κ2) is 8.02. The Balaban J connectivity index is 1.83. The fourth-order valence-corrected chi connectivity index (χ4v) is 3.11. The lowest BCUT2D eigenvalue weighted by Gasteiger charge is -2.25. The molecule has 3 heterocycles. The van der Waals surface area contributed by atoms with E-state index in [4.69, 9.17) is 4.74 Å². The van der Waals surface area contributed by atoms with Crippen molar-refractivity contribution in [3.63, 3.8) is 0 Å². The topological polar surface area (TPSA) is 80.2 Å². The molecule has 7 nitrogen and oxygen atoms in total. The number of pyridine rings is 1. The molecule has 1 fully saturated rings. The lowest BCUT2D eigenvalue weighted by molar-refractivity contribution is -0.133. The molecule has 1 aliphatic heterocycles. The Labute approximate surface area is 147 Å². The molecule has 3 rings (SSSR count). The summed E-state index contributed by atoms with van der Waals surface area (Å²) in [5.74, 6) is 1.46. The van der Waals surface area contributed by atoms with Crippen molar-refractivity contribution >= 4 is 17.5 Å². The molecule has 1 atom stereocenters. The molecule has 0 radical (unpaired) electrons. The molecule has 132 valence electrons. The minimum absolute atomic E-state index is 0.0645. The number of methoxy groups -OCH3 is 1. The van der Waals surface area contributed by atoms with Crippen LogP contribution in [0.15, 0.2) is 30.6 Å². The predicted molar refractivity (Wildman–Crippen MR) is 94.5 cm³/mol. The third-order valence-electron chi connectivity index (χ3n) is 4.27. The summed E-state index contributed by atoms with van der Waals surface area (Å²) in [6.07, 6.45) is 5.54. The largest absolute Gasteiger partial charge is 0.384 e. The zero-order chi connectivity index (χ0) is 17.6. The van der Waals surface area contributed by atoms with E-state index in [9.17, 15) is 4.79 Å². The van der Waals surface area contributed by atoms with Crippen LogP contribution in [0, 0.1) is 6.92 Å². The van der Waals surface area contributed by atoms with Gasteiger partial charge in [-0.3, -0.25) is 9.78 Å². The van der Waals surface area contributed by atoms with Gasteiger partial charge in [0.2, 0.25) is 5.91 Å². The number of carbonyl (C=O) groups is 1. The number of rotatable bonds is 6. The molecule has 0 aliphatic carbocycles. The van der Waals surface area contributed by atoms with Crippen LogP contribution in [0.3, 0.4) is 0 Å². The summed E-state index contributed by atoms with van der Waals surface area (Å²) < 4.78 is 5.03. The number of aryl methyl sites for hydroxylation is 1. The van der Waals surface area contributed by atoms with Crippen LogP contribution in [0.25, 0.3) is 0 Å². The van der Waals surface area contributed by atoms with Crippen molar-refractivity contribution in [2.75, 3.05) is 25.6 Å². The Bertz CT molecular complexity index is 737. The Hall–Kier alpha value is -2.54. The van der Waals surface area contributed by atoms with Crippen molar-refractivity contribution in [2.45, 2.75) is 32.2 Å². The zero-order valence-electron chi connectivity index (χ0n) is 14.6. The van der Waals surface area contributed by atoms with Gasteiger partial charge < -0.3 is 15.0 Å². The monoisotopic (exact) mass is 341 g/mol. The van der Waals surface area contributed by atoms with Gasteiger partial charge >= 0.3 is 0 Å². The van der Waals surface area contributed by atoms with Gasteiger partial charge in [0.25, 0.3) is 0 Å². The van der Waals surface area contributed by atoms with Crippen molar-refractivity contribution in [3.8, 4) is 0 Å². The van der Waals surface area contributed by atoms with Crippen LogP contribution < -0.4 is 5.32 Å². The van der Waals surface area contributed by atoms with E-state index in [-0.39, 0.29) is 11.9 Å². The second-order valence-corrected chi connectivity index (χ2v) is 6.07. The van der Waals surface area contributed by atoms with Crippen molar-refractivity contribution in [3.05, 3.63) is 42.0 Å². The summed E-state index contributed by atoms with van der Waals surface area (Å²) in [6, 6.07) is 5.71. The summed E-state index contributed by atoms with van der Waals surface area (Å²) in [5.41, 5.74) is 1.71. The van der Waals surface area contributed by atoms with Crippen LogP contribution in [0.4, 0.5) is 11.6 Å². The number of hydrogen-bond donors (Lipinski definition) is 1. The minimum Gasteiger partial charge on any atom is -0.384 e. The summed E-state index contributed by atoms with van der Waals surface area (Å²) in [6.45, 7) is 3.11. The summed E-state index contributed by atoms with van der Waals surface area (Å²) in [7, 11) is 1.61. The van der Waals surface area contributed by atoms with Crippen molar-refractivity contribution in [1.82, 2.24) is 19.9 Å². The second-order valence-electron chi connectivity index (χ2n) is 6.07. The molecule has 1 amide bonds. The molecule has 1 saturated heterocycles. The highest BCUT2D eigenvalue weighted by Gasteiger charge is 2.32. The molecular formula is C18H23N5O2. The van der Waals surface area contributed by atoms with Crippen LogP contribution in [0.5, 0.6) is 0 Å². The first-order valence-corrected chi connectivity index (χ1v) is 8.49. The Morgan fingerprint density at radius 3 is 3.00 bits per heavy atom. The molecule has 1 N–H and O–H groups in total. The number of aromatic nitrogens is 3. The Morgan fingerprint density at radius 1 is 1.36 bits per heavy atom.